The van der Waals surface area contributed by atoms with Crippen molar-refractivity contribution in [1.29, 1.82) is 0 Å². The summed E-state index contributed by atoms with van der Waals surface area (Å²) in [6.07, 6.45) is 6.66. The maximum atomic E-state index is 6.54. The highest BCUT2D eigenvalue weighted by Gasteiger charge is 2.55. The highest BCUT2D eigenvalue weighted by molar-refractivity contribution is 5.33. The second-order valence-corrected chi connectivity index (χ2v) is 6.64. The van der Waals surface area contributed by atoms with Crippen LogP contribution in [0.1, 0.15) is 63.0 Å². The van der Waals surface area contributed by atoms with Gasteiger partial charge in [-0.05, 0) is 48.1 Å². The van der Waals surface area contributed by atoms with Crippen LogP contribution >= 0.6 is 0 Å². The monoisotopic (exact) mass is 229 g/mol. The zero-order chi connectivity index (χ0) is 12.1. The standard InChI is InChI=1S/C16H23N/c1-12(2)13-4-6-14(7-5-13)16(17)10-15(11-16)8-3-9-15/h4-7,12H,3,8-11,17H2,1-2H3. The Bertz CT molecular complexity index is 404. The first-order valence-electron chi connectivity index (χ1n) is 6.92. The van der Waals surface area contributed by atoms with Crippen molar-refractivity contribution in [2.45, 2.75) is 57.4 Å². The molecule has 2 aliphatic carbocycles. The van der Waals surface area contributed by atoms with Gasteiger partial charge in [0.2, 0.25) is 0 Å². The van der Waals surface area contributed by atoms with Crippen LogP contribution in [0.25, 0.3) is 0 Å². The Hall–Kier alpha value is -0.820. The molecule has 1 nitrogen and oxygen atoms in total. The fraction of sp³-hybridized carbons (Fsp3) is 0.625. The summed E-state index contributed by atoms with van der Waals surface area (Å²) in [5.74, 6) is 0.608. The predicted molar refractivity (Wildman–Crippen MR) is 71.9 cm³/mol. The smallest absolute Gasteiger partial charge is 0.0420 e. The van der Waals surface area contributed by atoms with E-state index in [0.29, 0.717) is 11.3 Å². The molecular formula is C16H23N. The molecule has 1 aromatic carbocycles. The summed E-state index contributed by atoms with van der Waals surface area (Å²) in [5.41, 5.74) is 9.92. The number of hydrogen-bond acceptors (Lipinski definition) is 1. The van der Waals surface area contributed by atoms with Crippen molar-refractivity contribution in [3.63, 3.8) is 0 Å². The Balaban J connectivity index is 1.76. The van der Waals surface area contributed by atoms with E-state index >= 15 is 0 Å². The van der Waals surface area contributed by atoms with Gasteiger partial charge in [0.1, 0.15) is 0 Å². The third kappa shape index (κ3) is 1.72. The SMILES string of the molecule is CC(C)c1ccc(C2(N)CC3(CCC3)C2)cc1. The Morgan fingerprint density at radius 3 is 2.06 bits per heavy atom. The zero-order valence-electron chi connectivity index (χ0n) is 11.0. The summed E-state index contributed by atoms with van der Waals surface area (Å²) >= 11 is 0. The van der Waals surface area contributed by atoms with Crippen molar-refractivity contribution in [1.82, 2.24) is 0 Å². The Kier molecular flexibility index (Phi) is 2.38. The number of benzene rings is 1. The lowest BCUT2D eigenvalue weighted by Gasteiger charge is -2.60. The zero-order valence-corrected chi connectivity index (χ0v) is 11.0. The minimum Gasteiger partial charge on any atom is -0.321 e. The van der Waals surface area contributed by atoms with Gasteiger partial charge in [-0.15, -0.1) is 0 Å². The molecule has 2 saturated carbocycles. The third-order valence-electron chi connectivity index (χ3n) is 4.95. The molecule has 2 N–H and O–H groups in total. The molecule has 17 heavy (non-hydrogen) atoms. The molecule has 0 aromatic heterocycles. The summed E-state index contributed by atoms with van der Waals surface area (Å²) in [7, 11) is 0. The van der Waals surface area contributed by atoms with Gasteiger partial charge in [-0.2, -0.15) is 0 Å². The van der Waals surface area contributed by atoms with Crippen LogP contribution in [0, 0.1) is 5.41 Å². The Morgan fingerprint density at radius 1 is 1.06 bits per heavy atom. The van der Waals surface area contributed by atoms with E-state index in [4.69, 9.17) is 5.73 Å². The highest BCUT2D eigenvalue weighted by Crippen LogP contribution is 2.62. The minimum atomic E-state index is -0.0179. The van der Waals surface area contributed by atoms with E-state index in [1.54, 1.807) is 0 Å². The molecule has 2 fully saturated rings. The largest absolute Gasteiger partial charge is 0.321 e. The minimum absolute atomic E-state index is 0.0179. The molecule has 0 saturated heterocycles. The summed E-state index contributed by atoms with van der Waals surface area (Å²) in [6, 6.07) is 9.00. The van der Waals surface area contributed by atoms with Gasteiger partial charge in [0.25, 0.3) is 0 Å². The van der Waals surface area contributed by atoms with Crippen LogP contribution in [0.5, 0.6) is 0 Å². The average molecular weight is 229 g/mol. The first kappa shape index (κ1) is 11.3. The normalized spacial score (nSPS) is 24.5. The molecule has 2 aliphatic rings. The summed E-state index contributed by atoms with van der Waals surface area (Å²) in [6.45, 7) is 4.47. The molecule has 1 spiro atoms. The van der Waals surface area contributed by atoms with Gasteiger partial charge in [0.05, 0.1) is 0 Å². The average Bonchev–Trinajstić information content (AvgIpc) is 2.22. The van der Waals surface area contributed by atoms with Gasteiger partial charge in [-0.3, -0.25) is 0 Å². The summed E-state index contributed by atoms with van der Waals surface area (Å²) in [4.78, 5) is 0. The van der Waals surface area contributed by atoms with E-state index in [2.05, 4.69) is 38.1 Å². The Labute approximate surface area is 104 Å². The van der Waals surface area contributed by atoms with Crippen molar-refractivity contribution < 1.29 is 0 Å². The molecule has 0 radical (unpaired) electrons. The molecule has 0 amide bonds. The number of rotatable bonds is 2. The molecule has 3 rings (SSSR count). The lowest BCUT2D eigenvalue weighted by atomic mass is 9.47. The Morgan fingerprint density at radius 2 is 1.65 bits per heavy atom. The molecule has 92 valence electrons. The van der Waals surface area contributed by atoms with Gasteiger partial charge < -0.3 is 5.73 Å². The van der Waals surface area contributed by atoms with Crippen LogP contribution in [0.2, 0.25) is 0 Å². The maximum absolute atomic E-state index is 6.54. The fourth-order valence-corrected chi connectivity index (χ4v) is 3.72. The van der Waals surface area contributed by atoms with E-state index in [1.165, 1.54) is 43.2 Å². The van der Waals surface area contributed by atoms with Crippen LogP contribution in [0.3, 0.4) is 0 Å². The van der Waals surface area contributed by atoms with Gasteiger partial charge in [-0.1, -0.05) is 44.5 Å². The van der Waals surface area contributed by atoms with Gasteiger partial charge in [0, 0.05) is 5.54 Å². The van der Waals surface area contributed by atoms with E-state index in [-0.39, 0.29) is 5.54 Å². The van der Waals surface area contributed by atoms with Crippen molar-refractivity contribution in [3.05, 3.63) is 35.4 Å². The fourth-order valence-electron chi connectivity index (χ4n) is 3.72. The first-order chi connectivity index (χ1) is 8.03. The van der Waals surface area contributed by atoms with Gasteiger partial charge in [-0.25, -0.2) is 0 Å². The second-order valence-electron chi connectivity index (χ2n) is 6.64. The van der Waals surface area contributed by atoms with Crippen molar-refractivity contribution >= 4 is 0 Å². The molecular weight excluding hydrogens is 206 g/mol. The van der Waals surface area contributed by atoms with E-state index in [0.717, 1.165) is 0 Å². The quantitative estimate of drug-likeness (QED) is 0.817. The third-order valence-corrected chi connectivity index (χ3v) is 4.95. The maximum Gasteiger partial charge on any atom is 0.0420 e. The molecule has 0 bridgehead atoms. The summed E-state index contributed by atoms with van der Waals surface area (Å²) < 4.78 is 0. The second kappa shape index (κ2) is 3.58. The van der Waals surface area contributed by atoms with E-state index in [9.17, 15) is 0 Å². The molecule has 0 unspecified atom stereocenters. The van der Waals surface area contributed by atoms with Crippen molar-refractivity contribution in [2.75, 3.05) is 0 Å². The lowest BCUT2D eigenvalue weighted by molar-refractivity contribution is -0.0462. The van der Waals surface area contributed by atoms with Gasteiger partial charge in [0.15, 0.2) is 0 Å². The highest BCUT2D eigenvalue weighted by atomic mass is 14.8. The van der Waals surface area contributed by atoms with Crippen LogP contribution in [0.4, 0.5) is 0 Å². The molecule has 0 atom stereocenters. The molecule has 0 aliphatic heterocycles. The van der Waals surface area contributed by atoms with Crippen LogP contribution in [-0.4, -0.2) is 0 Å². The lowest BCUT2D eigenvalue weighted by Crippen LogP contribution is -2.58. The van der Waals surface area contributed by atoms with Crippen LogP contribution in [0.15, 0.2) is 24.3 Å². The summed E-state index contributed by atoms with van der Waals surface area (Å²) in [5, 5.41) is 0. The molecule has 1 heteroatoms. The van der Waals surface area contributed by atoms with Crippen molar-refractivity contribution in [3.8, 4) is 0 Å². The van der Waals surface area contributed by atoms with Gasteiger partial charge >= 0.3 is 0 Å². The van der Waals surface area contributed by atoms with Crippen LogP contribution < -0.4 is 5.73 Å². The topological polar surface area (TPSA) is 26.0 Å². The van der Waals surface area contributed by atoms with Crippen molar-refractivity contribution in [2.24, 2.45) is 11.1 Å². The van der Waals surface area contributed by atoms with E-state index < -0.39 is 0 Å². The first-order valence-corrected chi connectivity index (χ1v) is 6.92. The predicted octanol–water partition coefficient (Wildman–Crippen LogP) is 3.93. The van der Waals surface area contributed by atoms with Crippen LogP contribution in [-0.2, 0) is 5.54 Å². The molecule has 0 heterocycles. The molecule has 1 aromatic rings. The number of hydrogen-bond donors (Lipinski definition) is 1. The number of nitrogens with two attached hydrogens (primary N) is 1. The van der Waals surface area contributed by atoms with E-state index in [1.807, 2.05) is 0 Å².